The van der Waals surface area contributed by atoms with Crippen LogP contribution in [0, 0.1) is 0 Å². The Morgan fingerprint density at radius 2 is 2.00 bits per heavy atom. The minimum absolute atomic E-state index is 0.00608. The summed E-state index contributed by atoms with van der Waals surface area (Å²) in [4.78, 5) is 44.5. The van der Waals surface area contributed by atoms with E-state index in [4.69, 9.17) is 26.0 Å². The Bertz CT molecular complexity index is 1280. The molecule has 4 rings (SSSR count). The van der Waals surface area contributed by atoms with E-state index < -0.39 is 28.7 Å². The number of esters is 1. The summed E-state index contributed by atoms with van der Waals surface area (Å²) in [5.41, 5.74) is 10.4. The van der Waals surface area contributed by atoms with Gasteiger partial charge >= 0.3 is 5.97 Å². The summed E-state index contributed by atoms with van der Waals surface area (Å²) in [6.45, 7) is 2.42. The van der Waals surface area contributed by atoms with E-state index in [1.807, 2.05) is 25.2 Å². The molecule has 208 valence electrons. The normalized spacial score (nSPS) is 25.0. The zero-order chi connectivity index (χ0) is 28.2. The van der Waals surface area contributed by atoms with Gasteiger partial charge in [-0.1, -0.05) is 42.0 Å². The smallest absolute Gasteiger partial charge is 0.350 e. The van der Waals surface area contributed by atoms with Crippen molar-refractivity contribution in [1.29, 1.82) is 0 Å². The number of ketones is 2. The van der Waals surface area contributed by atoms with Gasteiger partial charge in [0.1, 0.15) is 0 Å². The van der Waals surface area contributed by atoms with Crippen LogP contribution >= 0.6 is 0 Å². The fourth-order valence-electron chi connectivity index (χ4n) is 5.05. The number of nitrogens with one attached hydrogen (secondary N) is 2. The molecule has 0 saturated carbocycles. The van der Waals surface area contributed by atoms with Gasteiger partial charge in [0.15, 0.2) is 17.3 Å². The highest BCUT2D eigenvalue weighted by atomic mass is 16.7. The molecule has 1 saturated heterocycles. The highest BCUT2D eigenvalue weighted by Gasteiger charge is 2.85. The first-order chi connectivity index (χ1) is 18.7. The number of aliphatic imine (C=N–C) groups is 1. The molecule has 1 fully saturated rings. The second-order valence-corrected chi connectivity index (χ2v) is 9.83. The van der Waals surface area contributed by atoms with Crippen molar-refractivity contribution in [3.63, 3.8) is 0 Å². The molecular formula is C28H35N5O6. The zero-order valence-electron chi connectivity index (χ0n) is 22.2. The first kappa shape index (κ1) is 28.1. The molecule has 0 spiro atoms. The number of hydrogen-bond donors (Lipinski definition) is 5. The Labute approximate surface area is 227 Å². The van der Waals surface area contributed by atoms with Crippen LogP contribution in [0.4, 0.5) is 0 Å². The molecule has 2 heterocycles. The number of rotatable bonds is 11. The van der Waals surface area contributed by atoms with Gasteiger partial charge in [0.25, 0.3) is 5.60 Å². The number of ether oxygens (including phenoxy) is 2. The van der Waals surface area contributed by atoms with Crippen molar-refractivity contribution < 1.29 is 29.0 Å². The van der Waals surface area contributed by atoms with Gasteiger partial charge in [0.2, 0.25) is 5.78 Å². The molecule has 0 amide bonds. The van der Waals surface area contributed by atoms with Crippen LogP contribution in [0.1, 0.15) is 53.3 Å². The van der Waals surface area contributed by atoms with E-state index in [1.54, 1.807) is 25.2 Å². The predicted molar refractivity (Wildman–Crippen MR) is 145 cm³/mol. The third-order valence-electron chi connectivity index (χ3n) is 7.23. The maximum atomic E-state index is 13.7. The van der Waals surface area contributed by atoms with E-state index >= 15 is 0 Å². The summed E-state index contributed by atoms with van der Waals surface area (Å²) < 4.78 is 11.2. The van der Waals surface area contributed by atoms with E-state index in [2.05, 4.69) is 15.6 Å². The van der Waals surface area contributed by atoms with Gasteiger partial charge in [0, 0.05) is 37.7 Å². The number of aliphatic hydroxyl groups excluding tert-OH is 1. The molecule has 1 aromatic rings. The monoisotopic (exact) mass is 537 g/mol. The Kier molecular flexibility index (Phi) is 8.22. The van der Waals surface area contributed by atoms with Gasteiger partial charge < -0.3 is 36.7 Å². The van der Waals surface area contributed by atoms with Crippen LogP contribution in [0.5, 0.6) is 0 Å². The summed E-state index contributed by atoms with van der Waals surface area (Å²) in [5.74, 6) is -1.10. The topological polar surface area (TPSA) is 182 Å². The maximum Gasteiger partial charge on any atom is 0.350 e. The van der Waals surface area contributed by atoms with Crippen molar-refractivity contribution in [3.8, 4) is 0 Å². The number of aliphatic hydroxyl groups is 1. The van der Waals surface area contributed by atoms with Crippen LogP contribution in [0.25, 0.3) is 0 Å². The van der Waals surface area contributed by atoms with Crippen molar-refractivity contribution in [2.75, 3.05) is 26.8 Å². The lowest BCUT2D eigenvalue weighted by atomic mass is 9.72. The molecule has 11 nitrogen and oxygen atoms in total. The highest BCUT2D eigenvalue weighted by Crippen LogP contribution is 2.58. The fraction of sp³-hybridized carbons (Fsp3) is 0.429. The first-order valence-electron chi connectivity index (χ1n) is 12.9. The third-order valence-corrected chi connectivity index (χ3v) is 7.23. The number of nitrogens with zero attached hydrogens (tertiary/aromatic N) is 1. The molecule has 7 N–H and O–H groups in total. The number of epoxide rings is 1. The molecule has 3 unspecified atom stereocenters. The van der Waals surface area contributed by atoms with Gasteiger partial charge in [-0.15, -0.1) is 0 Å². The van der Waals surface area contributed by atoms with E-state index in [9.17, 15) is 14.4 Å². The van der Waals surface area contributed by atoms with Gasteiger partial charge in [-0.25, -0.2) is 4.79 Å². The maximum absolute atomic E-state index is 13.7. The van der Waals surface area contributed by atoms with E-state index in [0.29, 0.717) is 31.6 Å². The number of carbonyl (C=O) groups is 3. The number of Topliss-reactive ketones (excluding diaryl/α,β-unsaturated/α-hetero) is 2. The average molecular weight is 538 g/mol. The second kappa shape index (κ2) is 11.4. The summed E-state index contributed by atoms with van der Waals surface area (Å²) >= 11 is 0. The molecule has 1 aromatic carbocycles. The Balaban J connectivity index is 1.60. The summed E-state index contributed by atoms with van der Waals surface area (Å²) in [7, 11) is 1.58. The molecule has 3 aliphatic rings. The zero-order valence-corrected chi connectivity index (χ0v) is 22.2. The third kappa shape index (κ3) is 5.19. The quantitative estimate of drug-likeness (QED) is 0.0516. The number of unbranched alkanes of at least 4 members (excludes halogenated alkanes) is 1. The van der Waals surface area contributed by atoms with E-state index in [0.717, 1.165) is 11.1 Å². The lowest BCUT2D eigenvalue weighted by molar-refractivity contribution is -0.148. The number of nitrogens with two attached hydrogens (primary N) is 2. The van der Waals surface area contributed by atoms with E-state index in [1.165, 1.54) is 6.07 Å². The summed E-state index contributed by atoms with van der Waals surface area (Å²) in [5, 5.41) is 15.2. The number of dihydropyridines is 1. The minimum atomic E-state index is -2.03. The van der Waals surface area contributed by atoms with Crippen molar-refractivity contribution in [3.05, 3.63) is 70.6 Å². The number of fused-ring (bicyclic) bond motifs is 2. The van der Waals surface area contributed by atoms with Crippen molar-refractivity contribution in [2.45, 2.75) is 49.9 Å². The second-order valence-electron chi connectivity index (χ2n) is 9.83. The standard InChI is InChI=1S/C28H35N5O6/c1-17(15-21(33-26(30)31-2)18-10-12-32-22(29)16-18)9-11-27-23(35)19-7-3-4-8-20(19)24(36)28(27,39-27)25(37)38-14-6-5-13-34/h3-4,7-10,16,21,32,34H,5-6,11-15,29H2,1-2H3,(H3,30,31,33). The number of benzene rings is 1. The SMILES string of the molecule is CN=C(N)NC(CC(C)=CCC12OC1(C(=O)OCCCCO)C(=O)c1ccccc1C2=O)C1=CCNC(N)=C1. The molecule has 0 aromatic heterocycles. The van der Waals surface area contributed by atoms with Crippen LogP contribution in [-0.2, 0) is 14.3 Å². The highest BCUT2D eigenvalue weighted by molar-refractivity contribution is 6.32. The minimum Gasteiger partial charge on any atom is -0.463 e. The number of carbonyl (C=O) groups excluding carboxylic acids is 3. The fourth-order valence-corrected chi connectivity index (χ4v) is 5.05. The average Bonchev–Trinajstić information content (AvgIpc) is 3.64. The van der Waals surface area contributed by atoms with Crippen molar-refractivity contribution >= 4 is 23.5 Å². The summed E-state index contributed by atoms with van der Waals surface area (Å²) in [6.07, 6.45) is 6.98. The van der Waals surface area contributed by atoms with Crippen LogP contribution in [0.3, 0.4) is 0 Å². The van der Waals surface area contributed by atoms with Gasteiger partial charge in [-0.05, 0) is 37.8 Å². The molecule has 0 radical (unpaired) electrons. The molecule has 1 aliphatic carbocycles. The van der Waals surface area contributed by atoms with Crippen molar-refractivity contribution in [2.24, 2.45) is 16.5 Å². The molecule has 3 atom stereocenters. The molecular weight excluding hydrogens is 502 g/mol. The number of hydrogen-bond acceptors (Lipinski definition) is 9. The lowest BCUT2D eigenvalue weighted by Gasteiger charge is -2.25. The Morgan fingerprint density at radius 3 is 2.67 bits per heavy atom. The largest absolute Gasteiger partial charge is 0.463 e. The van der Waals surface area contributed by atoms with E-state index in [-0.39, 0.29) is 42.8 Å². The van der Waals surface area contributed by atoms with Gasteiger partial charge in [-0.2, -0.15) is 0 Å². The van der Waals surface area contributed by atoms with Crippen LogP contribution in [-0.4, -0.2) is 72.7 Å². The van der Waals surface area contributed by atoms with Crippen LogP contribution < -0.4 is 22.1 Å². The molecule has 2 aliphatic heterocycles. The summed E-state index contributed by atoms with van der Waals surface area (Å²) in [6, 6.07) is 6.14. The molecule has 0 bridgehead atoms. The van der Waals surface area contributed by atoms with Gasteiger partial charge in [0.05, 0.1) is 18.5 Å². The predicted octanol–water partition coefficient (Wildman–Crippen LogP) is 0.848. The van der Waals surface area contributed by atoms with Crippen LogP contribution in [0.2, 0.25) is 0 Å². The first-order valence-corrected chi connectivity index (χ1v) is 12.9. The van der Waals surface area contributed by atoms with Gasteiger partial charge in [-0.3, -0.25) is 14.6 Å². The van der Waals surface area contributed by atoms with Crippen LogP contribution in [0.15, 0.2) is 64.5 Å². The van der Waals surface area contributed by atoms with Crippen molar-refractivity contribution in [1.82, 2.24) is 10.6 Å². The molecule has 11 heteroatoms. The Hall–Kier alpha value is -3.96. The Morgan fingerprint density at radius 1 is 1.28 bits per heavy atom. The molecule has 39 heavy (non-hydrogen) atoms. The lowest BCUT2D eigenvalue weighted by Crippen LogP contribution is -2.50. The number of guanidine groups is 1.